The van der Waals surface area contributed by atoms with Crippen molar-refractivity contribution in [2.24, 2.45) is 0 Å². The second-order valence-electron chi connectivity index (χ2n) is 9.67. The molecule has 1 aliphatic heterocycles. The second-order valence-corrected chi connectivity index (χ2v) is 11.6. The van der Waals surface area contributed by atoms with E-state index in [9.17, 15) is 18.8 Å². The molecule has 43 heavy (non-hydrogen) atoms. The van der Waals surface area contributed by atoms with Gasteiger partial charge in [-0.2, -0.15) is 0 Å². The summed E-state index contributed by atoms with van der Waals surface area (Å²) < 4.78 is 19.3. The van der Waals surface area contributed by atoms with Crippen LogP contribution in [-0.2, 0) is 22.6 Å². The van der Waals surface area contributed by atoms with Crippen molar-refractivity contribution in [3.8, 4) is 0 Å². The molecule has 3 N–H and O–H groups in total. The van der Waals surface area contributed by atoms with Crippen LogP contribution in [0.15, 0.2) is 73.3 Å². The standard InChI is InChI=1S/C29H27ClFN7O4S/c1-38(27(40)36-14-20-7-4-8-22(31)26(20)30)29(12-25(39)35-16-21-15-32-9-10-33-21)23(43-29)17-42-28(41)37-24-11-18-5-2-3-6-19(18)13-34-24/h2-11,13,15,23H,12,14,16-17H2,1H3,(H,35,39)(H,36,40)(H,34,37,41)/t23?,29-/m0/s1. The predicted octanol–water partition coefficient (Wildman–Crippen LogP) is 4.73. The van der Waals surface area contributed by atoms with Crippen molar-refractivity contribution >= 4 is 58.0 Å². The van der Waals surface area contributed by atoms with Crippen LogP contribution in [0.2, 0.25) is 5.02 Å². The van der Waals surface area contributed by atoms with Crippen molar-refractivity contribution in [3.05, 3.63) is 95.4 Å². The summed E-state index contributed by atoms with van der Waals surface area (Å²) in [6.07, 6.45) is 5.45. The highest BCUT2D eigenvalue weighted by Gasteiger charge is 2.61. The second kappa shape index (κ2) is 13.2. The Kier molecular flexibility index (Phi) is 9.22. The van der Waals surface area contributed by atoms with E-state index in [0.717, 1.165) is 10.8 Å². The van der Waals surface area contributed by atoms with Crippen molar-refractivity contribution in [1.29, 1.82) is 0 Å². The topological polar surface area (TPSA) is 138 Å². The summed E-state index contributed by atoms with van der Waals surface area (Å²) in [6, 6.07) is 13.2. The van der Waals surface area contributed by atoms with Crippen molar-refractivity contribution < 1.29 is 23.5 Å². The minimum atomic E-state index is -1.01. The van der Waals surface area contributed by atoms with E-state index in [0.29, 0.717) is 17.1 Å². The number of amides is 4. The number of ether oxygens (including phenoxy) is 1. The fourth-order valence-electron chi connectivity index (χ4n) is 4.44. The summed E-state index contributed by atoms with van der Waals surface area (Å²) in [5, 5.41) is 9.48. The molecule has 222 valence electrons. The molecule has 2 aromatic heterocycles. The fourth-order valence-corrected chi connectivity index (χ4v) is 5.96. The Hall–Kier alpha value is -4.49. The van der Waals surface area contributed by atoms with Crippen LogP contribution in [0, 0.1) is 5.82 Å². The van der Waals surface area contributed by atoms with E-state index in [-0.39, 0.29) is 37.0 Å². The number of fused-ring (bicyclic) bond motifs is 1. The number of anilines is 1. The van der Waals surface area contributed by atoms with E-state index in [1.54, 1.807) is 31.6 Å². The first-order valence-corrected chi connectivity index (χ1v) is 14.4. The molecule has 11 nitrogen and oxygen atoms in total. The van der Waals surface area contributed by atoms with Crippen LogP contribution >= 0.6 is 23.4 Å². The Morgan fingerprint density at radius 3 is 2.65 bits per heavy atom. The number of halogens is 2. The summed E-state index contributed by atoms with van der Waals surface area (Å²) in [5.41, 5.74) is 0.978. The Morgan fingerprint density at radius 2 is 1.86 bits per heavy atom. The number of hydrogen-bond donors (Lipinski definition) is 3. The van der Waals surface area contributed by atoms with E-state index in [2.05, 4.69) is 30.9 Å². The average Bonchev–Trinajstić information content (AvgIpc) is 3.72. The van der Waals surface area contributed by atoms with E-state index < -0.39 is 28.1 Å². The Labute approximate surface area is 255 Å². The maximum absolute atomic E-state index is 13.8. The molecule has 0 radical (unpaired) electrons. The zero-order valence-corrected chi connectivity index (χ0v) is 24.5. The van der Waals surface area contributed by atoms with Gasteiger partial charge in [-0.05, 0) is 23.1 Å². The molecule has 2 aromatic carbocycles. The summed E-state index contributed by atoms with van der Waals surface area (Å²) in [5.74, 6) is -0.599. The van der Waals surface area contributed by atoms with Crippen molar-refractivity contribution in [2.45, 2.75) is 29.6 Å². The monoisotopic (exact) mass is 623 g/mol. The fraction of sp³-hybridized carbons (Fsp3) is 0.241. The highest BCUT2D eigenvalue weighted by atomic mass is 35.5. The maximum atomic E-state index is 13.8. The van der Waals surface area contributed by atoms with Crippen LogP contribution < -0.4 is 16.0 Å². The molecule has 0 aliphatic carbocycles. The van der Waals surface area contributed by atoms with Gasteiger partial charge in [-0.15, -0.1) is 11.8 Å². The van der Waals surface area contributed by atoms with Crippen LogP contribution in [0.5, 0.6) is 0 Å². The number of rotatable bonds is 10. The van der Waals surface area contributed by atoms with E-state index in [4.69, 9.17) is 16.3 Å². The molecule has 0 spiro atoms. The lowest BCUT2D eigenvalue weighted by Crippen LogP contribution is -2.49. The lowest BCUT2D eigenvalue weighted by Gasteiger charge is -2.28. The molecule has 1 fully saturated rings. The van der Waals surface area contributed by atoms with Gasteiger partial charge in [0.1, 0.15) is 23.1 Å². The molecule has 0 saturated carbocycles. The number of aromatic nitrogens is 3. The molecule has 0 bridgehead atoms. The summed E-state index contributed by atoms with van der Waals surface area (Å²) in [6.45, 7) is 0.0559. The number of benzene rings is 2. The number of nitrogens with zero attached hydrogens (tertiary/aromatic N) is 4. The van der Waals surface area contributed by atoms with E-state index in [1.807, 2.05) is 24.3 Å². The smallest absolute Gasteiger partial charge is 0.412 e. The summed E-state index contributed by atoms with van der Waals surface area (Å²) in [4.78, 5) is 51.5. The van der Waals surface area contributed by atoms with Gasteiger partial charge in [-0.25, -0.2) is 19.0 Å². The number of urea groups is 1. The number of hydrogen-bond acceptors (Lipinski definition) is 8. The van der Waals surface area contributed by atoms with E-state index >= 15 is 0 Å². The molecule has 2 atom stereocenters. The Morgan fingerprint density at radius 1 is 1.05 bits per heavy atom. The first kappa shape index (κ1) is 30.0. The lowest BCUT2D eigenvalue weighted by molar-refractivity contribution is -0.122. The SMILES string of the molecule is CN(C(=O)NCc1cccc(F)c1Cl)[C@@]1(CC(=O)NCc2cnccn2)SC1COC(=O)Nc1cc2ccccc2cn1. The predicted molar refractivity (Wildman–Crippen MR) is 161 cm³/mol. The number of carbonyl (C=O) groups excluding carboxylic acids is 3. The Bertz CT molecular complexity index is 1650. The summed E-state index contributed by atoms with van der Waals surface area (Å²) >= 11 is 7.35. The van der Waals surface area contributed by atoms with Gasteiger partial charge in [-0.1, -0.05) is 48.0 Å². The van der Waals surface area contributed by atoms with Gasteiger partial charge in [-0.3, -0.25) is 20.1 Å². The normalized spacial score (nSPS) is 17.1. The highest BCUT2D eigenvalue weighted by molar-refractivity contribution is 8.08. The third-order valence-corrected chi connectivity index (χ3v) is 8.94. The van der Waals surface area contributed by atoms with Crippen molar-refractivity contribution in [1.82, 2.24) is 30.5 Å². The number of thioether (sulfide) groups is 1. The molecule has 1 aliphatic rings. The van der Waals surface area contributed by atoms with Gasteiger partial charge in [0.05, 0.1) is 35.1 Å². The van der Waals surface area contributed by atoms with Crippen LogP contribution in [0.1, 0.15) is 17.7 Å². The third-order valence-electron chi connectivity index (χ3n) is 6.85. The molecule has 1 saturated heterocycles. The molecule has 14 heteroatoms. The number of pyridine rings is 1. The van der Waals surface area contributed by atoms with Crippen LogP contribution in [0.3, 0.4) is 0 Å². The Balaban J connectivity index is 1.22. The van der Waals surface area contributed by atoms with Gasteiger partial charge in [0.2, 0.25) is 5.91 Å². The molecule has 5 rings (SSSR count). The van der Waals surface area contributed by atoms with Crippen molar-refractivity contribution in [3.63, 3.8) is 0 Å². The van der Waals surface area contributed by atoms with Gasteiger partial charge in [0.25, 0.3) is 0 Å². The summed E-state index contributed by atoms with van der Waals surface area (Å²) in [7, 11) is 1.55. The van der Waals surface area contributed by atoms with Crippen LogP contribution in [0.4, 0.5) is 19.8 Å². The van der Waals surface area contributed by atoms with E-state index in [1.165, 1.54) is 41.2 Å². The maximum Gasteiger partial charge on any atom is 0.412 e. The van der Waals surface area contributed by atoms with Gasteiger partial charge >= 0.3 is 12.1 Å². The van der Waals surface area contributed by atoms with Crippen molar-refractivity contribution in [2.75, 3.05) is 19.0 Å². The zero-order valence-electron chi connectivity index (χ0n) is 22.9. The average molecular weight is 624 g/mol. The lowest BCUT2D eigenvalue weighted by atomic mass is 10.1. The first-order valence-electron chi connectivity index (χ1n) is 13.2. The van der Waals surface area contributed by atoms with Gasteiger partial charge < -0.3 is 20.3 Å². The molecule has 1 unspecified atom stereocenters. The number of carbonyl (C=O) groups is 3. The molecular weight excluding hydrogens is 597 g/mol. The van der Waals surface area contributed by atoms with Crippen LogP contribution in [-0.4, -0.2) is 61.7 Å². The molecule has 4 amide bonds. The highest BCUT2D eigenvalue weighted by Crippen LogP contribution is 2.57. The largest absolute Gasteiger partial charge is 0.448 e. The minimum absolute atomic E-state index is 0.0261. The zero-order chi connectivity index (χ0) is 30.4. The van der Waals surface area contributed by atoms with Crippen LogP contribution in [0.25, 0.3) is 10.8 Å². The molecule has 3 heterocycles. The van der Waals surface area contributed by atoms with Gasteiger partial charge in [0.15, 0.2) is 0 Å². The minimum Gasteiger partial charge on any atom is -0.448 e. The quantitative estimate of drug-likeness (QED) is 0.216. The number of nitrogens with one attached hydrogen (secondary N) is 3. The van der Waals surface area contributed by atoms with Gasteiger partial charge in [0, 0.05) is 37.6 Å². The molecule has 4 aromatic rings. The molecular formula is C29H27ClFN7O4S. The third kappa shape index (κ3) is 7.30. The first-order chi connectivity index (χ1) is 20.7.